The van der Waals surface area contributed by atoms with Gasteiger partial charge in [0.1, 0.15) is 19.0 Å². The van der Waals surface area contributed by atoms with Crippen LogP contribution in [-0.4, -0.2) is 18.0 Å². The molecule has 0 saturated carbocycles. The van der Waals surface area contributed by atoms with Crippen LogP contribution < -0.4 is 17.3 Å². The Labute approximate surface area is 53.0 Å². The topological polar surface area (TPSA) is 90.4 Å². The summed E-state index contributed by atoms with van der Waals surface area (Å²) < 4.78 is -0.175. The Morgan fingerprint density at radius 2 is 2.11 bits per heavy atom. The third kappa shape index (κ3) is 0.756. The molecule has 1 heterocycles. The highest BCUT2D eigenvalue weighted by Crippen LogP contribution is 2.09. The Morgan fingerprint density at radius 1 is 1.56 bits per heavy atom. The van der Waals surface area contributed by atoms with Gasteiger partial charge in [-0.05, 0) is 0 Å². The highest BCUT2D eigenvalue weighted by molar-refractivity contribution is 5.78. The van der Waals surface area contributed by atoms with Crippen molar-refractivity contribution in [3.05, 3.63) is 11.5 Å². The number of hydrogen-bond acceptors (Lipinski definition) is 4. The number of hydrogen-bond donors (Lipinski definition) is 3. The van der Waals surface area contributed by atoms with Crippen molar-refractivity contribution in [3.63, 3.8) is 0 Å². The van der Waals surface area contributed by atoms with Crippen LogP contribution in [0.4, 0.5) is 0 Å². The highest BCUT2D eigenvalue weighted by Gasteiger charge is 2.27. The first-order chi connectivity index (χ1) is 4.04. The Balaban J connectivity index is 3.01. The molecule has 50 valence electrons. The van der Waals surface area contributed by atoms with Crippen molar-refractivity contribution >= 4 is 6.21 Å². The van der Waals surface area contributed by atoms with Crippen molar-refractivity contribution in [2.45, 2.75) is 0 Å². The second kappa shape index (κ2) is 1.46. The van der Waals surface area contributed by atoms with Crippen LogP contribution in [0.3, 0.4) is 0 Å². The minimum atomic E-state index is -0.175. The smallest absolute Gasteiger partial charge is 0.270 e. The second-order valence-electron chi connectivity index (χ2n) is 2.11. The maximum atomic E-state index is 5.49. The summed E-state index contributed by atoms with van der Waals surface area (Å²) in [6.45, 7) is 0. The fourth-order valence-corrected chi connectivity index (χ4v) is 0.572. The summed E-state index contributed by atoms with van der Waals surface area (Å²) in [5.41, 5.74) is 11.2. The summed E-state index contributed by atoms with van der Waals surface area (Å²) in [6.07, 6.45) is 1.45. The molecule has 0 fully saturated rings. The molecule has 0 aromatic heterocycles. The maximum Gasteiger partial charge on any atom is 0.270 e. The monoisotopic (exact) mass is 128 g/mol. The SMILES string of the molecule is C[N+]1(N)N=CC(N)=C1N. The second-order valence-corrected chi connectivity index (χ2v) is 2.11. The lowest BCUT2D eigenvalue weighted by molar-refractivity contribution is -0.889. The lowest BCUT2D eigenvalue weighted by Crippen LogP contribution is -2.46. The number of allylic oxidation sites excluding steroid dienone is 1. The minimum Gasteiger partial charge on any atom is -0.391 e. The van der Waals surface area contributed by atoms with Gasteiger partial charge in [-0.2, -0.15) is 0 Å². The summed E-state index contributed by atoms with van der Waals surface area (Å²) in [4.78, 5) is 0. The average molecular weight is 128 g/mol. The summed E-state index contributed by atoms with van der Waals surface area (Å²) in [7, 11) is 1.64. The van der Waals surface area contributed by atoms with Crippen LogP contribution in [0.1, 0.15) is 0 Å². The van der Waals surface area contributed by atoms with E-state index in [1.54, 1.807) is 7.05 Å². The Hall–Kier alpha value is -1.07. The molecular weight excluding hydrogens is 118 g/mol. The molecular formula is C4H10N5+. The van der Waals surface area contributed by atoms with Crippen molar-refractivity contribution in [2.24, 2.45) is 22.4 Å². The van der Waals surface area contributed by atoms with E-state index < -0.39 is 0 Å². The van der Waals surface area contributed by atoms with Crippen molar-refractivity contribution < 1.29 is 4.70 Å². The standard InChI is InChI=1S/C4H10N5/c1-9(7)4(6)3(5)2-8-9/h2H,5-7H2,1H3/q+1. The van der Waals surface area contributed by atoms with Crippen LogP contribution in [0.5, 0.6) is 0 Å². The van der Waals surface area contributed by atoms with E-state index in [1.807, 2.05) is 0 Å². The lowest BCUT2D eigenvalue weighted by Gasteiger charge is -2.14. The zero-order valence-corrected chi connectivity index (χ0v) is 5.20. The Morgan fingerprint density at radius 3 is 2.22 bits per heavy atom. The van der Waals surface area contributed by atoms with E-state index in [1.165, 1.54) is 6.21 Å². The summed E-state index contributed by atoms with van der Waals surface area (Å²) in [6, 6.07) is 0. The zero-order chi connectivity index (χ0) is 7.07. The molecule has 0 amide bonds. The predicted octanol–water partition coefficient (Wildman–Crippen LogP) is -1.61. The molecule has 1 rings (SSSR count). The quantitative estimate of drug-likeness (QED) is 0.271. The zero-order valence-electron chi connectivity index (χ0n) is 5.20. The minimum absolute atomic E-state index is 0.175. The fourth-order valence-electron chi connectivity index (χ4n) is 0.572. The van der Waals surface area contributed by atoms with Gasteiger partial charge >= 0.3 is 0 Å². The molecule has 9 heavy (non-hydrogen) atoms. The van der Waals surface area contributed by atoms with Crippen LogP contribution in [0.25, 0.3) is 0 Å². The molecule has 0 radical (unpaired) electrons. The summed E-state index contributed by atoms with van der Waals surface area (Å²) in [5.74, 6) is 5.87. The van der Waals surface area contributed by atoms with Crippen molar-refractivity contribution in [1.29, 1.82) is 0 Å². The molecule has 1 unspecified atom stereocenters. The molecule has 1 aliphatic heterocycles. The third-order valence-electron chi connectivity index (χ3n) is 1.22. The molecule has 1 aliphatic rings. The predicted molar refractivity (Wildman–Crippen MR) is 34.3 cm³/mol. The van der Waals surface area contributed by atoms with Crippen LogP contribution in [-0.2, 0) is 0 Å². The number of quaternary nitrogens is 1. The summed E-state index contributed by atoms with van der Waals surface area (Å²) >= 11 is 0. The molecule has 5 heteroatoms. The van der Waals surface area contributed by atoms with Gasteiger partial charge in [0.2, 0.25) is 0 Å². The van der Waals surface area contributed by atoms with E-state index in [9.17, 15) is 0 Å². The van der Waals surface area contributed by atoms with Gasteiger partial charge in [0, 0.05) is 0 Å². The molecule has 1 atom stereocenters. The van der Waals surface area contributed by atoms with E-state index in [4.69, 9.17) is 17.3 Å². The van der Waals surface area contributed by atoms with Crippen LogP contribution in [0.2, 0.25) is 0 Å². The largest absolute Gasteiger partial charge is 0.391 e. The first-order valence-corrected chi connectivity index (χ1v) is 2.50. The molecule has 6 N–H and O–H groups in total. The van der Waals surface area contributed by atoms with Gasteiger partial charge in [0.25, 0.3) is 5.82 Å². The molecule has 5 nitrogen and oxygen atoms in total. The molecule has 0 saturated heterocycles. The molecule has 0 bridgehead atoms. The highest BCUT2D eigenvalue weighted by atomic mass is 15.8. The number of rotatable bonds is 0. The number of nitrogens with zero attached hydrogens (tertiary/aromatic N) is 2. The molecule has 0 aromatic carbocycles. The summed E-state index contributed by atoms with van der Waals surface area (Å²) in [5, 5.41) is 3.80. The Kier molecular flexibility index (Phi) is 0.981. The van der Waals surface area contributed by atoms with E-state index in [0.717, 1.165) is 0 Å². The van der Waals surface area contributed by atoms with Gasteiger partial charge in [-0.25, -0.2) is 0 Å². The molecule has 0 aromatic rings. The normalized spacial score (nSPS) is 34.0. The first-order valence-electron chi connectivity index (χ1n) is 2.50. The van der Waals surface area contributed by atoms with E-state index in [-0.39, 0.29) is 4.70 Å². The van der Waals surface area contributed by atoms with Crippen LogP contribution in [0.15, 0.2) is 16.6 Å². The van der Waals surface area contributed by atoms with Crippen LogP contribution >= 0.6 is 0 Å². The molecule has 0 aliphatic carbocycles. The van der Waals surface area contributed by atoms with Gasteiger partial charge in [-0.15, -0.1) is 5.84 Å². The van der Waals surface area contributed by atoms with Gasteiger partial charge in [-0.3, -0.25) is 0 Å². The Bertz CT molecular complexity index is 189. The van der Waals surface area contributed by atoms with E-state index in [0.29, 0.717) is 11.5 Å². The van der Waals surface area contributed by atoms with Gasteiger partial charge < -0.3 is 11.5 Å². The average Bonchev–Trinajstić information content (AvgIpc) is 1.97. The van der Waals surface area contributed by atoms with Crippen molar-refractivity contribution in [3.8, 4) is 0 Å². The van der Waals surface area contributed by atoms with E-state index >= 15 is 0 Å². The third-order valence-corrected chi connectivity index (χ3v) is 1.22. The molecule has 0 spiro atoms. The fraction of sp³-hybridized carbons (Fsp3) is 0.250. The number of nitrogens with two attached hydrogens (primary N) is 3. The van der Waals surface area contributed by atoms with Crippen molar-refractivity contribution in [1.82, 2.24) is 0 Å². The van der Waals surface area contributed by atoms with Gasteiger partial charge in [0.05, 0.1) is 0 Å². The van der Waals surface area contributed by atoms with Gasteiger partial charge in [-0.1, -0.05) is 9.80 Å². The first kappa shape index (κ1) is 6.06. The maximum absolute atomic E-state index is 5.49. The van der Waals surface area contributed by atoms with Gasteiger partial charge in [0.15, 0.2) is 0 Å². The van der Waals surface area contributed by atoms with Crippen molar-refractivity contribution in [2.75, 3.05) is 7.05 Å². The lowest BCUT2D eigenvalue weighted by atomic mass is 10.5. The van der Waals surface area contributed by atoms with E-state index in [2.05, 4.69) is 5.10 Å². The van der Waals surface area contributed by atoms with Crippen LogP contribution in [0, 0.1) is 0 Å².